The van der Waals surface area contributed by atoms with E-state index in [1.54, 1.807) is 37.3 Å². The molecule has 0 fully saturated rings. The molecule has 6 nitrogen and oxygen atoms in total. The third kappa shape index (κ3) is 6.35. The zero-order valence-electron chi connectivity index (χ0n) is 23.9. The third-order valence-electron chi connectivity index (χ3n) is 7.14. The number of para-hydroxylation sites is 1. The maximum Gasteiger partial charge on any atom is 0.338 e. The third-order valence-corrected chi connectivity index (χ3v) is 8.87. The van der Waals surface area contributed by atoms with E-state index in [0.717, 1.165) is 5.56 Å². The Morgan fingerprint density at radius 2 is 1.71 bits per heavy atom. The predicted octanol–water partition coefficient (Wildman–Crippen LogP) is 6.96. The van der Waals surface area contributed by atoms with Gasteiger partial charge in [-0.15, -0.1) is 0 Å². The van der Waals surface area contributed by atoms with Crippen molar-refractivity contribution in [1.82, 2.24) is 4.57 Å². The number of esters is 1. The summed E-state index contributed by atoms with van der Waals surface area (Å²) >= 11 is 13.4. The molecule has 1 aromatic heterocycles. The van der Waals surface area contributed by atoms with E-state index in [4.69, 9.17) is 37.7 Å². The molecule has 0 saturated carbocycles. The smallest absolute Gasteiger partial charge is 0.338 e. The number of halogens is 3. The Hall–Kier alpha value is -4.50. The van der Waals surface area contributed by atoms with Gasteiger partial charge in [0.25, 0.3) is 5.56 Å². The molecule has 226 valence electrons. The summed E-state index contributed by atoms with van der Waals surface area (Å²) in [5, 5.41) is 0.886. The first kappa shape index (κ1) is 30.5. The van der Waals surface area contributed by atoms with E-state index in [1.165, 1.54) is 28.0 Å². The molecule has 2 heterocycles. The lowest BCUT2D eigenvalue weighted by Gasteiger charge is -2.25. The number of thiazole rings is 1. The molecule has 4 aromatic carbocycles. The number of aromatic nitrogens is 1. The lowest BCUT2D eigenvalue weighted by molar-refractivity contribution is -0.138. The number of carbonyl (C=O) groups excluding carboxylic acids is 1. The van der Waals surface area contributed by atoms with Gasteiger partial charge in [0.1, 0.15) is 18.2 Å². The van der Waals surface area contributed by atoms with Crippen LogP contribution in [-0.2, 0) is 16.1 Å². The van der Waals surface area contributed by atoms with Gasteiger partial charge < -0.3 is 9.47 Å². The molecule has 5 aromatic rings. The van der Waals surface area contributed by atoms with Gasteiger partial charge in [0.15, 0.2) is 4.80 Å². The highest BCUT2D eigenvalue weighted by molar-refractivity contribution is 7.07. The van der Waals surface area contributed by atoms with Crippen LogP contribution in [0.15, 0.2) is 112 Å². The standard InChI is InChI=1S/C35H25Cl2FN2O4S/c1-2-43-34(42)30-31(22-8-4-3-5-9-22)39-35-40(32(30)23-13-15-25(38)16-14-23)33(41)29(45-35)19-24-10-6-7-11-28(24)44-20-21-12-17-26(36)27(37)18-21/h3-19,32H,2,20H2,1H3/b29-19-/t32-/m1/s1. The van der Waals surface area contributed by atoms with Gasteiger partial charge in [-0.05, 0) is 54.5 Å². The number of hydrogen-bond acceptors (Lipinski definition) is 6. The predicted molar refractivity (Wildman–Crippen MR) is 175 cm³/mol. The molecule has 1 atom stereocenters. The quantitative estimate of drug-likeness (QED) is 0.169. The second-order valence-corrected chi connectivity index (χ2v) is 11.9. The van der Waals surface area contributed by atoms with Gasteiger partial charge in [-0.1, -0.05) is 101 Å². The summed E-state index contributed by atoms with van der Waals surface area (Å²) < 4.78 is 27.5. The lowest BCUT2D eigenvalue weighted by atomic mass is 9.93. The molecule has 0 spiro atoms. The van der Waals surface area contributed by atoms with Crippen molar-refractivity contribution in [3.63, 3.8) is 0 Å². The first-order valence-electron chi connectivity index (χ1n) is 14.0. The van der Waals surface area contributed by atoms with Gasteiger partial charge in [-0.25, -0.2) is 14.2 Å². The van der Waals surface area contributed by atoms with Crippen LogP contribution in [0.5, 0.6) is 5.75 Å². The van der Waals surface area contributed by atoms with E-state index in [-0.39, 0.29) is 24.3 Å². The molecule has 10 heteroatoms. The summed E-state index contributed by atoms with van der Waals surface area (Å²) in [5.41, 5.74) is 2.96. The SMILES string of the molecule is CCOC(=O)C1=C(c2ccccc2)N=c2s/c(=C\c3ccccc3OCc3ccc(Cl)c(Cl)c3)c(=O)n2[C@@H]1c1ccc(F)cc1. The normalized spacial score (nSPS) is 14.6. The number of rotatable bonds is 8. The number of fused-ring (bicyclic) bond motifs is 1. The molecule has 0 N–H and O–H groups in total. The van der Waals surface area contributed by atoms with Crippen molar-refractivity contribution in [1.29, 1.82) is 0 Å². The summed E-state index contributed by atoms with van der Waals surface area (Å²) in [7, 11) is 0. The average molecular weight is 660 g/mol. The number of carbonyl (C=O) groups is 1. The van der Waals surface area contributed by atoms with E-state index in [0.29, 0.717) is 47.5 Å². The largest absolute Gasteiger partial charge is 0.488 e. The fourth-order valence-corrected chi connectivity index (χ4v) is 6.38. The minimum atomic E-state index is -0.903. The van der Waals surface area contributed by atoms with Crippen molar-refractivity contribution in [3.05, 3.63) is 160 Å². The fourth-order valence-electron chi connectivity index (χ4n) is 5.06. The summed E-state index contributed by atoms with van der Waals surface area (Å²) in [5.74, 6) is -0.486. The summed E-state index contributed by atoms with van der Waals surface area (Å²) in [6.07, 6.45) is 1.74. The zero-order valence-corrected chi connectivity index (χ0v) is 26.2. The second kappa shape index (κ2) is 13.2. The molecule has 0 aliphatic carbocycles. The van der Waals surface area contributed by atoms with E-state index >= 15 is 0 Å². The van der Waals surface area contributed by atoms with Crippen LogP contribution in [0, 0.1) is 5.82 Å². The molecular formula is C35H25Cl2FN2O4S. The number of hydrogen-bond donors (Lipinski definition) is 0. The van der Waals surface area contributed by atoms with Crippen LogP contribution >= 0.6 is 34.5 Å². The van der Waals surface area contributed by atoms with Gasteiger partial charge in [-0.2, -0.15) is 0 Å². The Morgan fingerprint density at radius 1 is 0.978 bits per heavy atom. The van der Waals surface area contributed by atoms with Crippen LogP contribution in [0.4, 0.5) is 4.39 Å². The topological polar surface area (TPSA) is 69.9 Å². The van der Waals surface area contributed by atoms with Crippen LogP contribution in [0.1, 0.15) is 35.2 Å². The van der Waals surface area contributed by atoms with Crippen molar-refractivity contribution < 1.29 is 18.7 Å². The number of benzene rings is 4. The Morgan fingerprint density at radius 3 is 2.44 bits per heavy atom. The van der Waals surface area contributed by atoms with E-state index in [2.05, 4.69) is 0 Å². The highest BCUT2D eigenvalue weighted by Gasteiger charge is 2.35. The minimum absolute atomic E-state index is 0.129. The molecule has 45 heavy (non-hydrogen) atoms. The van der Waals surface area contributed by atoms with Crippen LogP contribution < -0.4 is 19.6 Å². The molecule has 0 bridgehead atoms. The van der Waals surface area contributed by atoms with Crippen LogP contribution in [0.3, 0.4) is 0 Å². The maximum absolute atomic E-state index is 14.2. The van der Waals surface area contributed by atoms with E-state index in [1.807, 2.05) is 60.7 Å². The van der Waals surface area contributed by atoms with Crippen molar-refractivity contribution in [3.8, 4) is 5.75 Å². The van der Waals surface area contributed by atoms with Crippen LogP contribution in [-0.4, -0.2) is 17.1 Å². The molecule has 0 unspecified atom stereocenters. The molecule has 0 saturated heterocycles. The molecule has 0 radical (unpaired) electrons. The zero-order chi connectivity index (χ0) is 31.5. The van der Waals surface area contributed by atoms with E-state index in [9.17, 15) is 14.0 Å². The Labute approximate surface area is 271 Å². The second-order valence-electron chi connectivity index (χ2n) is 10.1. The van der Waals surface area contributed by atoms with Crippen molar-refractivity contribution >= 4 is 52.3 Å². The van der Waals surface area contributed by atoms with Gasteiger partial charge >= 0.3 is 5.97 Å². The van der Waals surface area contributed by atoms with Gasteiger partial charge in [-0.3, -0.25) is 9.36 Å². The van der Waals surface area contributed by atoms with Gasteiger partial charge in [0.2, 0.25) is 0 Å². The molecule has 1 aliphatic rings. The van der Waals surface area contributed by atoms with E-state index < -0.39 is 17.8 Å². The highest BCUT2D eigenvalue weighted by Crippen LogP contribution is 2.35. The Balaban J connectivity index is 1.50. The summed E-state index contributed by atoms with van der Waals surface area (Å²) in [6, 6.07) is 26.7. The molecular weight excluding hydrogens is 634 g/mol. The maximum atomic E-state index is 14.2. The first-order chi connectivity index (χ1) is 21.8. The molecule has 1 aliphatic heterocycles. The number of nitrogens with zero attached hydrogens (tertiary/aromatic N) is 2. The van der Waals surface area contributed by atoms with Gasteiger partial charge in [0.05, 0.1) is 38.5 Å². The van der Waals surface area contributed by atoms with Crippen LogP contribution in [0.25, 0.3) is 11.8 Å². The molecule has 6 rings (SSSR count). The first-order valence-corrected chi connectivity index (χ1v) is 15.6. The highest BCUT2D eigenvalue weighted by atomic mass is 35.5. The molecule has 0 amide bonds. The summed E-state index contributed by atoms with van der Waals surface area (Å²) in [4.78, 5) is 33.0. The van der Waals surface area contributed by atoms with Crippen molar-refractivity contribution in [2.45, 2.75) is 19.6 Å². The summed E-state index contributed by atoms with van der Waals surface area (Å²) in [6.45, 7) is 2.07. The van der Waals surface area contributed by atoms with Crippen molar-refractivity contribution in [2.24, 2.45) is 4.99 Å². The monoisotopic (exact) mass is 658 g/mol. The minimum Gasteiger partial charge on any atom is -0.488 e. The number of ether oxygens (including phenoxy) is 2. The lowest BCUT2D eigenvalue weighted by Crippen LogP contribution is -2.40. The van der Waals surface area contributed by atoms with Crippen LogP contribution in [0.2, 0.25) is 10.0 Å². The average Bonchev–Trinajstić information content (AvgIpc) is 3.36. The van der Waals surface area contributed by atoms with Gasteiger partial charge in [0, 0.05) is 11.1 Å². The van der Waals surface area contributed by atoms with Crippen molar-refractivity contribution in [2.75, 3.05) is 6.61 Å². The Bertz CT molecular complexity index is 2110. The Kier molecular flexibility index (Phi) is 8.98. The fraction of sp³-hybridized carbons (Fsp3) is 0.114.